The Morgan fingerprint density at radius 3 is 2.65 bits per heavy atom. The van der Waals surface area contributed by atoms with Crippen LogP contribution in [0.25, 0.3) is 0 Å². The van der Waals surface area contributed by atoms with E-state index in [1.165, 1.54) is 4.31 Å². The molecule has 5 rings (SSSR count). The van der Waals surface area contributed by atoms with Gasteiger partial charge in [0.2, 0.25) is 0 Å². The van der Waals surface area contributed by atoms with E-state index in [1.807, 2.05) is 6.07 Å². The summed E-state index contributed by atoms with van der Waals surface area (Å²) in [5.74, 6) is 0.582. The number of nitrogens with one attached hydrogen (secondary N) is 1. The molecule has 1 aromatic carbocycles. The highest BCUT2D eigenvalue weighted by Crippen LogP contribution is 2.40. The highest BCUT2D eigenvalue weighted by Gasteiger charge is 2.59. The summed E-state index contributed by atoms with van der Waals surface area (Å²) in [6.45, 7) is 0.468. The molecular weight excluding hydrogens is 414 g/mol. The van der Waals surface area contributed by atoms with Crippen LogP contribution in [0.1, 0.15) is 32.1 Å². The largest absolute Gasteiger partial charge is 0.593 e. The molecule has 2 amide bonds. The molecule has 2 aromatic rings. The number of amidine groups is 1. The number of sulfonamides is 1. The second kappa shape index (κ2) is 7.81. The maximum Gasteiger partial charge on any atom is 0.328 e. The van der Waals surface area contributed by atoms with Gasteiger partial charge in [0.15, 0.2) is 15.3 Å². The molecule has 2 saturated heterocycles. The Balaban J connectivity index is 1.55. The van der Waals surface area contributed by atoms with Crippen molar-refractivity contribution in [2.24, 2.45) is 4.99 Å². The molecule has 0 radical (unpaired) electrons. The van der Waals surface area contributed by atoms with Gasteiger partial charge in [-0.25, -0.2) is 4.79 Å². The lowest BCUT2D eigenvalue weighted by Gasteiger charge is -2.33. The zero-order valence-electron chi connectivity index (χ0n) is 17.1. The molecule has 0 bridgehead atoms. The van der Waals surface area contributed by atoms with Crippen LogP contribution in [-0.4, -0.2) is 50.4 Å². The van der Waals surface area contributed by atoms with Crippen LogP contribution >= 0.6 is 0 Å². The van der Waals surface area contributed by atoms with E-state index in [1.54, 1.807) is 53.7 Å². The van der Waals surface area contributed by atoms with Gasteiger partial charge in [0.25, 0.3) is 0 Å². The molecule has 1 spiro atoms. The van der Waals surface area contributed by atoms with Gasteiger partial charge in [0.05, 0.1) is 24.5 Å². The van der Waals surface area contributed by atoms with E-state index in [2.05, 4.69) is 10.3 Å². The summed E-state index contributed by atoms with van der Waals surface area (Å²) in [4.78, 5) is 24.1. The molecule has 3 heterocycles. The minimum Gasteiger partial charge on any atom is -0.593 e. The Bertz CT molecular complexity index is 1040. The first-order valence-electron chi connectivity index (χ1n) is 10.7. The number of urea groups is 1. The van der Waals surface area contributed by atoms with Gasteiger partial charge >= 0.3 is 6.03 Å². The van der Waals surface area contributed by atoms with Crippen LogP contribution in [-0.2, 0) is 14.6 Å². The summed E-state index contributed by atoms with van der Waals surface area (Å²) >= 11 is 0. The monoisotopic (exact) mass is 439 g/mol. The van der Waals surface area contributed by atoms with E-state index in [0.29, 0.717) is 24.5 Å². The number of benzene rings is 1. The highest BCUT2D eigenvalue weighted by atomic mass is 32.3. The maximum absolute atomic E-state index is 13.3. The molecule has 31 heavy (non-hydrogen) atoms. The van der Waals surface area contributed by atoms with Crippen molar-refractivity contribution in [1.29, 1.82) is 0 Å². The molecule has 3 aliphatic rings. The summed E-state index contributed by atoms with van der Waals surface area (Å²) in [6.07, 6.45) is 8.00. The predicted molar refractivity (Wildman–Crippen MR) is 117 cm³/mol. The molecule has 2 unspecified atom stereocenters. The van der Waals surface area contributed by atoms with Crippen molar-refractivity contribution in [3.63, 3.8) is 0 Å². The number of aromatic nitrogens is 1. The second-order valence-electron chi connectivity index (χ2n) is 8.33. The van der Waals surface area contributed by atoms with Crippen molar-refractivity contribution in [2.45, 2.75) is 48.6 Å². The Morgan fingerprint density at radius 1 is 1.16 bits per heavy atom. The third kappa shape index (κ3) is 3.46. The van der Waals surface area contributed by atoms with Gasteiger partial charge in [-0.05, 0) is 43.5 Å². The fraction of sp³-hybridized carbons (Fsp3) is 0.409. The van der Waals surface area contributed by atoms with Crippen molar-refractivity contribution in [1.82, 2.24) is 14.6 Å². The molecule has 162 valence electrons. The normalized spacial score (nSPS) is 27.8. The van der Waals surface area contributed by atoms with Crippen LogP contribution in [0.2, 0.25) is 0 Å². The van der Waals surface area contributed by atoms with E-state index in [0.717, 1.165) is 25.7 Å². The van der Waals surface area contributed by atoms with Gasteiger partial charge in [0.1, 0.15) is 11.4 Å². The van der Waals surface area contributed by atoms with Gasteiger partial charge in [-0.15, -0.1) is 4.31 Å². The quantitative estimate of drug-likeness (QED) is 0.740. The first-order chi connectivity index (χ1) is 15.0. The van der Waals surface area contributed by atoms with Crippen LogP contribution in [0.4, 0.5) is 10.5 Å². The second-order valence-corrected chi connectivity index (χ2v) is 10.3. The molecule has 2 atom stereocenters. The van der Waals surface area contributed by atoms with Crippen molar-refractivity contribution >= 4 is 28.0 Å². The number of anilines is 1. The number of pyridine rings is 1. The first kappa shape index (κ1) is 20.3. The minimum absolute atomic E-state index is 0.156. The number of rotatable bonds is 4. The molecule has 1 N–H and O–H groups in total. The lowest BCUT2D eigenvalue weighted by molar-refractivity contribution is 0.251. The van der Waals surface area contributed by atoms with E-state index >= 15 is 0 Å². The van der Waals surface area contributed by atoms with Crippen molar-refractivity contribution in [2.75, 3.05) is 18.0 Å². The molecule has 2 aliphatic heterocycles. The van der Waals surface area contributed by atoms with Crippen LogP contribution in [0.5, 0.6) is 0 Å². The average molecular weight is 440 g/mol. The van der Waals surface area contributed by atoms with Crippen LogP contribution in [0.15, 0.2) is 64.7 Å². The average Bonchev–Trinajstić information content (AvgIpc) is 3.51. The number of hydrogen-bond donors (Lipinski definition) is 1. The fourth-order valence-corrected chi connectivity index (χ4v) is 6.39. The molecule has 1 aromatic heterocycles. The predicted octanol–water partition coefficient (Wildman–Crippen LogP) is 3.00. The number of carbonyl (C=O) groups is 1. The first-order valence-corrected chi connectivity index (χ1v) is 12.1. The number of carbonyl (C=O) groups excluding carboxylic acids is 1. The van der Waals surface area contributed by atoms with E-state index in [-0.39, 0.29) is 23.5 Å². The van der Waals surface area contributed by atoms with Gasteiger partial charge in [-0.3, -0.25) is 20.2 Å². The summed E-state index contributed by atoms with van der Waals surface area (Å²) < 4.78 is 28.1. The van der Waals surface area contributed by atoms with Gasteiger partial charge in [-0.2, -0.15) is 0 Å². The van der Waals surface area contributed by atoms with Crippen molar-refractivity contribution in [3.8, 4) is 0 Å². The molecule has 3 fully saturated rings. The molecule has 1 aliphatic carbocycles. The maximum atomic E-state index is 13.3. The van der Waals surface area contributed by atoms with Crippen molar-refractivity contribution in [3.05, 3.63) is 54.9 Å². The molecular formula is C22H25N5O3S. The summed E-state index contributed by atoms with van der Waals surface area (Å²) in [7, 11) is -3.68. The zero-order valence-corrected chi connectivity index (χ0v) is 18.0. The lowest BCUT2D eigenvalue weighted by atomic mass is 9.95. The highest BCUT2D eigenvalue weighted by molar-refractivity contribution is 7.95. The SMILES string of the molecule is O=C1NC(=NC2CCCC2)C2(CCN([S+](=O)([O-])c3ccccc3)C2)N1c1cccnc1. The Morgan fingerprint density at radius 2 is 1.94 bits per heavy atom. The number of amides is 2. The Labute approximate surface area is 182 Å². The number of nitrogens with zero attached hydrogens (tertiary/aromatic N) is 4. The van der Waals surface area contributed by atoms with Gasteiger partial charge in [0, 0.05) is 12.7 Å². The number of aliphatic imine (C=N–C) groups is 1. The van der Waals surface area contributed by atoms with Gasteiger partial charge < -0.3 is 4.55 Å². The molecule has 9 heteroatoms. The lowest BCUT2D eigenvalue weighted by Crippen LogP contribution is -2.53. The smallest absolute Gasteiger partial charge is 0.328 e. The third-order valence-electron chi connectivity index (χ3n) is 6.43. The minimum atomic E-state index is -3.68. The van der Waals surface area contributed by atoms with Crippen molar-refractivity contribution < 1.29 is 13.6 Å². The fourth-order valence-electron chi connectivity index (χ4n) is 4.87. The third-order valence-corrected chi connectivity index (χ3v) is 8.29. The topological polar surface area (TPSA) is 101 Å². The van der Waals surface area contributed by atoms with Crippen LogP contribution in [0.3, 0.4) is 0 Å². The van der Waals surface area contributed by atoms with Gasteiger partial charge in [-0.1, -0.05) is 35.2 Å². The zero-order chi connectivity index (χ0) is 21.5. The Hall–Kier alpha value is -2.62. The van der Waals surface area contributed by atoms with E-state index in [4.69, 9.17) is 4.99 Å². The van der Waals surface area contributed by atoms with E-state index < -0.39 is 15.9 Å². The van der Waals surface area contributed by atoms with Crippen LogP contribution in [0, 0.1) is 0 Å². The number of hydrogen-bond acceptors (Lipinski definition) is 5. The van der Waals surface area contributed by atoms with Crippen LogP contribution < -0.4 is 10.2 Å². The Kier molecular flexibility index (Phi) is 5.11. The standard InChI is InChI=1S/C22H25N5O3S/c28-21-25-20(24-17-7-4-5-8-17)22(27(21)18-9-6-13-23-15-18)12-14-26(16-22)31(29,30)19-10-2-1-3-11-19/h1-3,6,9-11,13,15,17H,4-5,7-8,12,14,16H2,(H-,24,25,28,29,30). The van der Waals surface area contributed by atoms with E-state index in [9.17, 15) is 13.6 Å². The summed E-state index contributed by atoms with van der Waals surface area (Å²) in [6, 6.07) is 11.9. The molecule has 8 nitrogen and oxygen atoms in total. The summed E-state index contributed by atoms with van der Waals surface area (Å²) in [5.41, 5.74) is -0.222. The summed E-state index contributed by atoms with van der Waals surface area (Å²) in [5, 5.41) is 2.96. The molecule has 1 saturated carbocycles.